The Bertz CT molecular complexity index is 1200. The Kier molecular flexibility index (Phi) is 6.02. The number of carbonyl (C=O) groups excluding carboxylic acids is 3. The van der Waals surface area contributed by atoms with Gasteiger partial charge in [-0.05, 0) is 62.2 Å². The van der Waals surface area contributed by atoms with Gasteiger partial charge in [-0.1, -0.05) is 6.07 Å². The average Bonchev–Trinajstić information content (AvgIpc) is 3.61. The summed E-state index contributed by atoms with van der Waals surface area (Å²) < 4.78 is 10.4. The quantitative estimate of drug-likeness (QED) is 0.554. The highest BCUT2D eigenvalue weighted by molar-refractivity contribution is 5.99. The Morgan fingerprint density at radius 3 is 2.66 bits per heavy atom. The van der Waals surface area contributed by atoms with E-state index in [1.807, 2.05) is 6.07 Å². The molecule has 3 aromatic rings. The van der Waals surface area contributed by atoms with E-state index in [-0.39, 0.29) is 17.5 Å². The summed E-state index contributed by atoms with van der Waals surface area (Å²) >= 11 is 0. The summed E-state index contributed by atoms with van der Waals surface area (Å²) in [7, 11) is 1.56. The number of pyridine rings is 1. The number of aromatic nitrogens is 1. The van der Waals surface area contributed by atoms with Gasteiger partial charge in [0.15, 0.2) is 6.61 Å². The van der Waals surface area contributed by atoms with Crippen molar-refractivity contribution in [3.05, 3.63) is 65.4 Å². The lowest BCUT2D eigenvalue weighted by Gasteiger charge is -2.10. The molecule has 2 aromatic carbocycles. The SMILES string of the molecule is COc1ccc2nc(C)c(C(=O)OCC(=O)Nc3cccc(C(=O)NC4CC4)c3)cc2c1. The largest absolute Gasteiger partial charge is 0.497 e. The molecular weight excluding hydrogens is 410 g/mol. The first-order chi connectivity index (χ1) is 15.4. The number of nitrogens with zero attached hydrogens (tertiary/aromatic N) is 1. The maximum Gasteiger partial charge on any atom is 0.340 e. The number of methoxy groups -OCH3 is 1. The van der Waals surface area contributed by atoms with Crippen LogP contribution in [0, 0.1) is 6.92 Å². The highest BCUT2D eigenvalue weighted by Crippen LogP contribution is 2.22. The van der Waals surface area contributed by atoms with Crippen LogP contribution >= 0.6 is 0 Å². The molecule has 1 saturated carbocycles. The van der Waals surface area contributed by atoms with E-state index in [1.165, 1.54) is 0 Å². The molecule has 1 fully saturated rings. The van der Waals surface area contributed by atoms with Crippen molar-refractivity contribution in [2.24, 2.45) is 0 Å². The molecule has 8 nitrogen and oxygen atoms in total. The Morgan fingerprint density at radius 2 is 1.91 bits per heavy atom. The summed E-state index contributed by atoms with van der Waals surface area (Å²) in [5.41, 5.74) is 2.41. The maximum atomic E-state index is 12.5. The third kappa shape index (κ3) is 5.03. The van der Waals surface area contributed by atoms with E-state index in [9.17, 15) is 14.4 Å². The van der Waals surface area contributed by atoms with E-state index >= 15 is 0 Å². The molecule has 4 rings (SSSR count). The number of aryl methyl sites for hydroxylation is 1. The highest BCUT2D eigenvalue weighted by atomic mass is 16.5. The molecule has 1 aliphatic rings. The van der Waals surface area contributed by atoms with Gasteiger partial charge in [-0.25, -0.2) is 4.79 Å². The van der Waals surface area contributed by atoms with Gasteiger partial charge in [-0.3, -0.25) is 14.6 Å². The number of ether oxygens (including phenoxy) is 2. The van der Waals surface area contributed by atoms with Crippen molar-refractivity contribution in [2.45, 2.75) is 25.8 Å². The monoisotopic (exact) mass is 433 g/mol. The zero-order valence-corrected chi connectivity index (χ0v) is 17.8. The molecule has 0 aliphatic heterocycles. The van der Waals surface area contributed by atoms with Gasteiger partial charge < -0.3 is 20.1 Å². The van der Waals surface area contributed by atoms with Crippen molar-refractivity contribution >= 4 is 34.4 Å². The second-order valence-electron chi connectivity index (χ2n) is 7.63. The van der Waals surface area contributed by atoms with E-state index in [0.717, 1.165) is 23.7 Å². The second-order valence-corrected chi connectivity index (χ2v) is 7.63. The van der Waals surface area contributed by atoms with Crippen molar-refractivity contribution in [3.63, 3.8) is 0 Å². The van der Waals surface area contributed by atoms with E-state index < -0.39 is 18.5 Å². The topological polar surface area (TPSA) is 107 Å². The summed E-state index contributed by atoms with van der Waals surface area (Å²) in [5.74, 6) is -0.681. The number of hydrogen-bond donors (Lipinski definition) is 2. The number of carbonyl (C=O) groups is 3. The van der Waals surface area contributed by atoms with E-state index in [2.05, 4.69) is 15.6 Å². The molecule has 0 radical (unpaired) electrons. The lowest BCUT2D eigenvalue weighted by Crippen LogP contribution is -2.25. The minimum absolute atomic E-state index is 0.175. The fourth-order valence-electron chi connectivity index (χ4n) is 3.22. The first kappa shape index (κ1) is 21.3. The highest BCUT2D eigenvalue weighted by Gasteiger charge is 2.24. The molecule has 164 valence electrons. The Balaban J connectivity index is 1.38. The standard InChI is InChI=1S/C24H23N3O5/c1-14-20(12-16-11-19(31-2)8-9-21(16)25-14)24(30)32-13-22(28)26-18-5-3-4-15(10-18)23(29)27-17-6-7-17/h3-5,8-12,17H,6-7,13H2,1-2H3,(H,26,28)(H,27,29). The lowest BCUT2D eigenvalue weighted by atomic mass is 10.1. The molecule has 2 N–H and O–H groups in total. The summed E-state index contributed by atoms with van der Waals surface area (Å²) in [6.07, 6.45) is 1.99. The van der Waals surface area contributed by atoms with Gasteiger partial charge in [0.2, 0.25) is 0 Å². The van der Waals surface area contributed by atoms with Crippen LogP contribution in [-0.4, -0.2) is 42.5 Å². The number of hydrogen-bond acceptors (Lipinski definition) is 6. The third-order valence-corrected chi connectivity index (χ3v) is 5.09. The average molecular weight is 433 g/mol. The van der Waals surface area contributed by atoms with Crippen LogP contribution in [0.25, 0.3) is 10.9 Å². The molecule has 1 aromatic heterocycles. The predicted octanol–water partition coefficient (Wildman–Crippen LogP) is 3.24. The van der Waals surface area contributed by atoms with Gasteiger partial charge >= 0.3 is 5.97 Å². The van der Waals surface area contributed by atoms with Crippen LogP contribution in [-0.2, 0) is 9.53 Å². The van der Waals surface area contributed by atoms with Gasteiger partial charge in [0.25, 0.3) is 11.8 Å². The number of esters is 1. The number of rotatable bonds is 7. The predicted molar refractivity (Wildman–Crippen MR) is 119 cm³/mol. The van der Waals surface area contributed by atoms with Gasteiger partial charge in [0, 0.05) is 22.7 Å². The van der Waals surface area contributed by atoms with Crippen LogP contribution in [0.1, 0.15) is 39.3 Å². The van der Waals surface area contributed by atoms with Crippen molar-refractivity contribution < 1.29 is 23.9 Å². The van der Waals surface area contributed by atoms with Crippen molar-refractivity contribution in [3.8, 4) is 5.75 Å². The molecule has 1 aliphatic carbocycles. The fraction of sp³-hybridized carbons (Fsp3) is 0.250. The molecule has 32 heavy (non-hydrogen) atoms. The fourth-order valence-corrected chi connectivity index (χ4v) is 3.22. The Labute approximate surface area is 184 Å². The normalized spacial score (nSPS) is 12.8. The molecule has 0 atom stereocenters. The summed E-state index contributed by atoms with van der Waals surface area (Å²) in [4.78, 5) is 41.4. The van der Waals surface area contributed by atoms with Crippen molar-refractivity contribution in [1.82, 2.24) is 10.3 Å². The molecule has 0 spiro atoms. The molecular formula is C24H23N3O5. The molecule has 8 heteroatoms. The number of amides is 2. The zero-order chi connectivity index (χ0) is 22.7. The lowest BCUT2D eigenvalue weighted by molar-refractivity contribution is -0.119. The van der Waals surface area contributed by atoms with Gasteiger partial charge in [0.1, 0.15) is 5.75 Å². The van der Waals surface area contributed by atoms with Crippen LogP contribution in [0.4, 0.5) is 5.69 Å². The Morgan fingerprint density at radius 1 is 1.09 bits per heavy atom. The van der Waals surface area contributed by atoms with Crippen LogP contribution in [0.5, 0.6) is 5.75 Å². The van der Waals surface area contributed by atoms with E-state index in [4.69, 9.17) is 9.47 Å². The summed E-state index contributed by atoms with van der Waals surface area (Å²) in [6, 6.07) is 13.9. The Hall–Kier alpha value is -3.94. The van der Waals surface area contributed by atoms with Crippen LogP contribution < -0.4 is 15.4 Å². The van der Waals surface area contributed by atoms with Crippen LogP contribution in [0.3, 0.4) is 0 Å². The van der Waals surface area contributed by atoms with Crippen LogP contribution in [0.15, 0.2) is 48.5 Å². The van der Waals surface area contributed by atoms with Gasteiger partial charge in [0.05, 0.1) is 23.9 Å². The second kappa shape index (κ2) is 9.05. The number of nitrogens with one attached hydrogen (secondary N) is 2. The smallest absolute Gasteiger partial charge is 0.340 e. The number of benzene rings is 2. The van der Waals surface area contributed by atoms with E-state index in [1.54, 1.807) is 56.5 Å². The van der Waals surface area contributed by atoms with Crippen molar-refractivity contribution in [1.29, 1.82) is 0 Å². The third-order valence-electron chi connectivity index (χ3n) is 5.09. The summed E-state index contributed by atoms with van der Waals surface area (Å²) in [6.45, 7) is 1.24. The first-order valence-electron chi connectivity index (χ1n) is 10.3. The van der Waals surface area contributed by atoms with Crippen LogP contribution in [0.2, 0.25) is 0 Å². The minimum Gasteiger partial charge on any atom is -0.497 e. The maximum absolute atomic E-state index is 12.5. The molecule has 0 bridgehead atoms. The molecule has 0 saturated heterocycles. The van der Waals surface area contributed by atoms with Crippen molar-refractivity contribution in [2.75, 3.05) is 19.0 Å². The number of fused-ring (bicyclic) bond motifs is 1. The molecule has 1 heterocycles. The molecule has 2 amide bonds. The molecule has 0 unspecified atom stereocenters. The summed E-state index contributed by atoms with van der Waals surface area (Å²) in [5, 5.41) is 6.27. The van der Waals surface area contributed by atoms with Gasteiger partial charge in [-0.15, -0.1) is 0 Å². The van der Waals surface area contributed by atoms with E-state index in [0.29, 0.717) is 22.7 Å². The van der Waals surface area contributed by atoms with Gasteiger partial charge in [-0.2, -0.15) is 0 Å². The minimum atomic E-state index is -0.646. The zero-order valence-electron chi connectivity index (χ0n) is 17.8. The number of anilines is 1. The first-order valence-corrected chi connectivity index (χ1v) is 10.3.